The number of carbonyl (C=O) groups is 1. The number of H-pyrrole nitrogens is 1. The third-order valence-corrected chi connectivity index (χ3v) is 3.72. The number of carbonyl (C=O) groups excluding carboxylic acids is 1. The van der Waals surface area contributed by atoms with Crippen LogP contribution in [0.3, 0.4) is 0 Å². The Morgan fingerprint density at radius 2 is 1.95 bits per heavy atom. The Hall–Kier alpha value is -2.07. The van der Waals surface area contributed by atoms with Gasteiger partial charge in [0.15, 0.2) is 0 Å². The first kappa shape index (κ1) is 12.9. The van der Waals surface area contributed by atoms with E-state index in [9.17, 15) is 4.79 Å². The van der Waals surface area contributed by atoms with Gasteiger partial charge in [0.25, 0.3) is 5.91 Å². The fourth-order valence-corrected chi connectivity index (χ4v) is 2.48. The summed E-state index contributed by atoms with van der Waals surface area (Å²) in [6.07, 6.45) is 0. The van der Waals surface area contributed by atoms with E-state index in [1.807, 2.05) is 55.5 Å². The molecule has 4 heteroatoms. The lowest BCUT2D eigenvalue weighted by molar-refractivity contribution is 0.102. The summed E-state index contributed by atoms with van der Waals surface area (Å²) in [6, 6.07) is 15.5. The molecule has 2 aromatic carbocycles. The second-order valence-corrected chi connectivity index (χ2v) is 5.60. The molecule has 3 nitrogen and oxygen atoms in total. The highest BCUT2D eigenvalue weighted by molar-refractivity contribution is 9.10. The van der Waals surface area contributed by atoms with Gasteiger partial charge in [0.2, 0.25) is 0 Å². The lowest BCUT2D eigenvalue weighted by Crippen LogP contribution is -2.13. The maximum absolute atomic E-state index is 12.3. The monoisotopic (exact) mass is 328 g/mol. The Morgan fingerprint density at radius 3 is 2.75 bits per heavy atom. The van der Waals surface area contributed by atoms with E-state index in [0.717, 1.165) is 26.6 Å². The number of fused-ring (bicyclic) bond motifs is 1. The van der Waals surface area contributed by atoms with Crippen molar-refractivity contribution in [3.05, 3.63) is 64.3 Å². The van der Waals surface area contributed by atoms with Crippen LogP contribution in [-0.4, -0.2) is 10.9 Å². The van der Waals surface area contributed by atoms with Crippen molar-refractivity contribution in [2.75, 3.05) is 5.32 Å². The summed E-state index contributed by atoms with van der Waals surface area (Å²) in [5.74, 6) is -0.137. The smallest absolute Gasteiger partial charge is 0.272 e. The Bertz CT molecular complexity index is 759. The summed E-state index contributed by atoms with van der Waals surface area (Å²) < 4.78 is 0.940. The summed E-state index contributed by atoms with van der Waals surface area (Å²) in [4.78, 5) is 15.4. The van der Waals surface area contributed by atoms with Gasteiger partial charge in [-0.2, -0.15) is 0 Å². The zero-order valence-corrected chi connectivity index (χ0v) is 12.5. The van der Waals surface area contributed by atoms with Gasteiger partial charge in [0.1, 0.15) is 5.69 Å². The molecule has 0 atom stereocenters. The first-order valence-corrected chi connectivity index (χ1v) is 7.08. The Morgan fingerprint density at radius 1 is 1.15 bits per heavy atom. The zero-order chi connectivity index (χ0) is 14.1. The topological polar surface area (TPSA) is 44.9 Å². The molecule has 0 bridgehead atoms. The molecule has 0 saturated carbocycles. The van der Waals surface area contributed by atoms with Gasteiger partial charge in [-0.05, 0) is 36.8 Å². The fourth-order valence-electron chi connectivity index (χ4n) is 2.11. The van der Waals surface area contributed by atoms with Crippen LogP contribution in [0.2, 0.25) is 0 Å². The number of benzene rings is 2. The number of aromatic nitrogens is 1. The zero-order valence-electron chi connectivity index (χ0n) is 10.9. The molecule has 3 aromatic rings. The molecule has 20 heavy (non-hydrogen) atoms. The highest BCUT2D eigenvalue weighted by Gasteiger charge is 2.10. The Kier molecular flexibility index (Phi) is 3.32. The van der Waals surface area contributed by atoms with Crippen molar-refractivity contribution in [3.8, 4) is 0 Å². The molecule has 0 aliphatic rings. The minimum atomic E-state index is -0.137. The molecule has 3 rings (SSSR count). The van der Waals surface area contributed by atoms with E-state index >= 15 is 0 Å². The number of halogens is 1. The molecular formula is C16H13BrN2O. The summed E-state index contributed by atoms with van der Waals surface area (Å²) in [6.45, 7) is 1.97. The van der Waals surface area contributed by atoms with Crippen molar-refractivity contribution in [2.24, 2.45) is 0 Å². The molecule has 1 heterocycles. The number of hydrogen-bond donors (Lipinski definition) is 2. The largest absolute Gasteiger partial charge is 0.351 e. The quantitative estimate of drug-likeness (QED) is 0.715. The van der Waals surface area contributed by atoms with Crippen LogP contribution >= 0.6 is 15.9 Å². The summed E-state index contributed by atoms with van der Waals surface area (Å²) in [7, 11) is 0. The molecule has 0 aliphatic heterocycles. The molecule has 0 fully saturated rings. The predicted molar refractivity (Wildman–Crippen MR) is 85.1 cm³/mol. The number of aromatic amines is 1. The summed E-state index contributed by atoms with van der Waals surface area (Å²) in [5.41, 5.74) is 3.36. The number of amides is 1. The third-order valence-electron chi connectivity index (χ3n) is 3.22. The molecule has 0 unspecified atom stereocenters. The van der Waals surface area contributed by atoms with Gasteiger partial charge < -0.3 is 10.3 Å². The molecule has 100 valence electrons. The predicted octanol–water partition coefficient (Wildman–Crippen LogP) is 4.49. The van der Waals surface area contributed by atoms with E-state index < -0.39 is 0 Å². The van der Waals surface area contributed by atoms with Crippen LogP contribution in [0.4, 0.5) is 5.69 Å². The van der Waals surface area contributed by atoms with Crippen molar-refractivity contribution in [2.45, 2.75) is 6.92 Å². The van der Waals surface area contributed by atoms with Crippen molar-refractivity contribution in [1.29, 1.82) is 0 Å². The molecule has 1 aromatic heterocycles. The maximum atomic E-state index is 12.3. The van der Waals surface area contributed by atoms with Crippen molar-refractivity contribution in [1.82, 2.24) is 4.98 Å². The highest BCUT2D eigenvalue weighted by Crippen LogP contribution is 2.22. The van der Waals surface area contributed by atoms with Gasteiger partial charge >= 0.3 is 0 Å². The third kappa shape index (κ3) is 2.47. The van der Waals surface area contributed by atoms with E-state index in [0.29, 0.717) is 5.69 Å². The van der Waals surface area contributed by atoms with E-state index in [1.165, 1.54) is 0 Å². The van der Waals surface area contributed by atoms with Crippen LogP contribution in [-0.2, 0) is 0 Å². The molecule has 0 spiro atoms. The van der Waals surface area contributed by atoms with Gasteiger partial charge in [0, 0.05) is 21.1 Å². The van der Waals surface area contributed by atoms with E-state index in [4.69, 9.17) is 0 Å². The number of rotatable bonds is 2. The highest BCUT2D eigenvalue weighted by atomic mass is 79.9. The number of anilines is 1. The second-order valence-electron chi connectivity index (χ2n) is 4.68. The number of para-hydroxylation sites is 1. The van der Waals surface area contributed by atoms with Gasteiger partial charge in [-0.25, -0.2) is 0 Å². The standard InChI is InChI=1S/C16H13BrN2O/c1-10-6-7-12(17)9-14(10)19-16(20)15-8-11-4-2-3-5-13(11)18-15/h2-9,18H,1H3,(H,19,20). The molecule has 0 saturated heterocycles. The lowest BCUT2D eigenvalue weighted by atomic mass is 10.2. The van der Waals surface area contributed by atoms with Gasteiger partial charge in [-0.1, -0.05) is 40.2 Å². The fraction of sp³-hybridized carbons (Fsp3) is 0.0625. The van der Waals surface area contributed by atoms with Crippen molar-refractivity contribution in [3.63, 3.8) is 0 Å². The van der Waals surface area contributed by atoms with E-state index in [2.05, 4.69) is 26.2 Å². The average Bonchev–Trinajstić information content (AvgIpc) is 2.87. The van der Waals surface area contributed by atoms with E-state index in [-0.39, 0.29) is 5.91 Å². The Balaban J connectivity index is 1.90. The van der Waals surface area contributed by atoms with E-state index in [1.54, 1.807) is 0 Å². The maximum Gasteiger partial charge on any atom is 0.272 e. The lowest BCUT2D eigenvalue weighted by Gasteiger charge is -2.07. The van der Waals surface area contributed by atoms with Crippen molar-refractivity contribution >= 4 is 38.4 Å². The number of hydrogen-bond acceptors (Lipinski definition) is 1. The van der Waals surface area contributed by atoms with Gasteiger partial charge in [-0.15, -0.1) is 0 Å². The number of nitrogens with one attached hydrogen (secondary N) is 2. The minimum absolute atomic E-state index is 0.137. The van der Waals surface area contributed by atoms with Crippen molar-refractivity contribution < 1.29 is 4.79 Å². The molecular weight excluding hydrogens is 316 g/mol. The first-order valence-electron chi connectivity index (χ1n) is 6.29. The van der Waals surface area contributed by atoms with Crippen LogP contribution in [0.25, 0.3) is 10.9 Å². The van der Waals surface area contributed by atoms with Crippen LogP contribution < -0.4 is 5.32 Å². The molecule has 0 radical (unpaired) electrons. The normalized spacial score (nSPS) is 10.7. The van der Waals surface area contributed by atoms with Crippen LogP contribution in [0.1, 0.15) is 16.1 Å². The first-order chi connectivity index (χ1) is 9.63. The molecule has 0 aliphatic carbocycles. The summed E-state index contributed by atoms with van der Waals surface area (Å²) >= 11 is 3.41. The second kappa shape index (κ2) is 5.13. The number of aryl methyl sites for hydroxylation is 1. The van der Waals surface area contributed by atoms with Gasteiger partial charge in [-0.3, -0.25) is 4.79 Å². The van der Waals surface area contributed by atoms with Crippen LogP contribution in [0, 0.1) is 6.92 Å². The minimum Gasteiger partial charge on any atom is -0.351 e. The SMILES string of the molecule is Cc1ccc(Br)cc1NC(=O)c1cc2ccccc2[nH]1. The molecule has 1 amide bonds. The van der Waals surface area contributed by atoms with Gasteiger partial charge in [0.05, 0.1) is 0 Å². The average molecular weight is 329 g/mol. The summed E-state index contributed by atoms with van der Waals surface area (Å²) in [5, 5.41) is 3.96. The van der Waals surface area contributed by atoms with Crippen LogP contribution in [0.15, 0.2) is 53.0 Å². The molecule has 2 N–H and O–H groups in total. The Labute approximate surface area is 125 Å². The van der Waals surface area contributed by atoms with Crippen LogP contribution in [0.5, 0.6) is 0 Å².